The molecule has 0 bridgehead atoms. The number of nitrogens with two attached hydrogens (primary N) is 1. The molecule has 6 nitrogen and oxygen atoms in total. The Morgan fingerprint density at radius 2 is 2.04 bits per heavy atom. The van der Waals surface area contributed by atoms with E-state index >= 15 is 0 Å². The van der Waals surface area contributed by atoms with Gasteiger partial charge in [-0.25, -0.2) is 0 Å². The van der Waals surface area contributed by atoms with E-state index in [2.05, 4.69) is 0 Å². The van der Waals surface area contributed by atoms with Crippen molar-refractivity contribution in [3.05, 3.63) is 28.7 Å². The highest BCUT2D eigenvalue weighted by Gasteiger charge is 2.37. The molecule has 3 rings (SSSR count). The number of benzene rings is 1. The monoisotopic (exact) mass is 420 g/mol. The van der Waals surface area contributed by atoms with Gasteiger partial charge in [-0.2, -0.15) is 0 Å². The molecule has 1 heterocycles. The van der Waals surface area contributed by atoms with Gasteiger partial charge in [0.05, 0.1) is 11.5 Å². The molecule has 0 aromatic heterocycles. The zero-order valence-electron chi connectivity index (χ0n) is 15.8. The van der Waals surface area contributed by atoms with Crippen LogP contribution in [0.3, 0.4) is 0 Å². The van der Waals surface area contributed by atoms with E-state index in [9.17, 15) is 9.59 Å². The first-order chi connectivity index (χ1) is 13.5. The Balaban J connectivity index is 1.80. The van der Waals surface area contributed by atoms with Gasteiger partial charge in [0.1, 0.15) is 4.32 Å². The first-order valence-electron chi connectivity index (χ1n) is 9.44. The Morgan fingerprint density at radius 1 is 1.29 bits per heavy atom. The number of rotatable bonds is 7. The van der Waals surface area contributed by atoms with Gasteiger partial charge in [-0.05, 0) is 43.5 Å². The van der Waals surface area contributed by atoms with E-state index in [1.54, 1.807) is 17.0 Å². The number of primary amides is 1. The van der Waals surface area contributed by atoms with Gasteiger partial charge in [0.25, 0.3) is 11.8 Å². The summed E-state index contributed by atoms with van der Waals surface area (Å²) in [5.74, 6) is 0.361. The van der Waals surface area contributed by atoms with Gasteiger partial charge in [0, 0.05) is 6.04 Å². The summed E-state index contributed by atoms with van der Waals surface area (Å²) in [6.07, 6.45) is 7.37. The lowest BCUT2D eigenvalue weighted by molar-refractivity contribution is -0.124. The van der Waals surface area contributed by atoms with Crippen LogP contribution in [0.25, 0.3) is 6.08 Å². The van der Waals surface area contributed by atoms with Crippen molar-refractivity contribution in [2.75, 3.05) is 13.2 Å². The van der Waals surface area contributed by atoms with Gasteiger partial charge in [-0.3, -0.25) is 14.5 Å². The van der Waals surface area contributed by atoms with Crippen molar-refractivity contribution in [3.63, 3.8) is 0 Å². The Bertz CT molecular complexity index is 803. The molecule has 1 saturated carbocycles. The molecule has 2 fully saturated rings. The first kappa shape index (κ1) is 20.7. The molecule has 0 spiro atoms. The number of carbonyl (C=O) groups excluding carboxylic acids is 2. The van der Waals surface area contributed by atoms with Gasteiger partial charge >= 0.3 is 0 Å². The fraction of sp³-hybridized carbons (Fsp3) is 0.450. The molecule has 1 aromatic rings. The molecule has 2 aliphatic rings. The first-order valence-corrected chi connectivity index (χ1v) is 10.7. The normalized spacial score (nSPS) is 19.3. The topological polar surface area (TPSA) is 81.9 Å². The molecule has 1 aliphatic heterocycles. The fourth-order valence-corrected chi connectivity index (χ4v) is 4.84. The molecule has 2 amide bonds. The molecule has 0 atom stereocenters. The third kappa shape index (κ3) is 4.86. The van der Waals surface area contributed by atoms with Gasteiger partial charge in [-0.15, -0.1) is 0 Å². The number of amides is 2. The van der Waals surface area contributed by atoms with Crippen molar-refractivity contribution < 1.29 is 19.1 Å². The molecule has 0 unspecified atom stereocenters. The summed E-state index contributed by atoms with van der Waals surface area (Å²) in [7, 11) is 0. The largest absolute Gasteiger partial charge is 0.490 e. The average molecular weight is 421 g/mol. The van der Waals surface area contributed by atoms with E-state index in [0.29, 0.717) is 27.3 Å². The number of ether oxygens (including phenoxy) is 2. The average Bonchev–Trinajstić information content (AvgIpc) is 2.95. The van der Waals surface area contributed by atoms with Crippen molar-refractivity contribution >= 4 is 46.2 Å². The second-order valence-corrected chi connectivity index (χ2v) is 8.41. The van der Waals surface area contributed by atoms with Crippen LogP contribution in [0.5, 0.6) is 11.5 Å². The summed E-state index contributed by atoms with van der Waals surface area (Å²) in [5, 5.41) is 0. The minimum absolute atomic E-state index is 0.0195. The summed E-state index contributed by atoms with van der Waals surface area (Å²) < 4.78 is 11.6. The van der Waals surface area contributed by atoms with E-state index in [1.807, 2.05) is 19.1 Å². The Labute approximate surface area is 174 Å². The Kier molecular flexibility index (Phi) is 6.96. The highest BCUT2D eigenvalue weighted by molar-refractivity contribution is 8.26. The standard InChI is InChI=1S/C20H24N2O4S2/c1-2-25-16-10-13(8-9-15(16)26-12-18(21)23)11-17-19(24)22(20(27)28-17)14-6-4-3-5-7-14/h8-11,14H,2-7,12H2,1H3,(H2,21,23)/b17-11+. The van der Waals surface area contributed by atoms with Gasteiger partial charge in [-0.1, -0.05) is 49.3 Å². The van der Waals surface area contributed by atoms with E-state index < -0.39 is 5.91 Å². The lowest BCUT2D eigenvalue weighted by Gasteiger charge is -2.29. The van der Waals surface area contributed by atoms with Crippen LogP contribution in [0.4, 0.5) is 0 Å². The zero-order valence-corrected chi connectivity index (χ0v) is 17.4. The van der Waals surface area contributed by atoms with E-state index in [0.717, 1.165) is 31.2 Å². The van der Waals surface area contributed by atoms with Crippen LogP contribution in [-0.4, -0.2) is 40.3 Å². The number of thioether (sulfide) groups is 1. The van der Waals surface area contributed by atoms with Crippen LogP contribution in [0, 0.1) is 0 Å². The highest BCUT2D eigenvalue weighted by Crippen LogP contribution is 2.38. The predicted molar refractivity (Wildman–Crippen MR) is 114 cm³/mol. The lowest BCUT2D eigenvalue weighted by atomic mass is 9.94. The van der Waals surface area contributed by atoms with Crippen LogP contribution >= 0.6 is 24.0 Å². The van der Waals surface area contributed by atoms with Gasteiger partial charge < -0.3 is 15.2 Å². The number of thiocarbonyl (C=S) groups is 1. The Hall–Kier alpha value is -2.06. The van der Waals surface area contributed by atoms with Crippen molar-refractivity contribution in [2.24, 2.45) is 5.73 Å². The third-order valence-electron chi connectivity index (χ3n) is 4.70. The maximum Gasteiger partial charge on any atom is 0.266 e. The maximum atomic E-state index is 12.9. The van der Waals surface area contributed by atoms with E-state index in [1.165, 1.54) is 18.2 Å². The minimum Gasteiger partial charge on any atom is -0.490 e. The second-order valence-electron chi connectivity index (χ2n) is 6.74. The second kappa shape index (κ2) is 9.43. The number of carbonyl (C=O) groups is 2. The lowest BCUT2D eigenvalue weighted by Crippen LogP contribution is -2.39. The molecule has 0 radical (unpaired) electrons. The van der Waals surface area contributed by atoms with Crippen LogP contribution in [0.2, 0.25) is 0 Å². The molecule has 1 aromatic carbocycles. The zero-order chi connectivity index (χ0) is 20.1. The van der Waals surface area contributed by atoms with Crippen molar-refractivity contribution in [1.82, 2.24) is 4.90 Å². The summed E-state index contributed by atoms with van der Waals surface area (Å²) in [6.45, 7) is 2.08. The highest BCUT2D eigenvalue weighted by atomic mass is 32.2. The molecule has 1 aliphatic carbocycles. The summed E-state index contributed by atoms with van der Waals surface area (Å²) in [5.41, 5.74) is 5.94. The molecule has 150 valence electrons. The summed E-state index contributed by atoms with van der Waals surface area (Å²) in [6, 6.07) is 5.52. The molecular weight excluding hydrogens is 396 g/mol. The fourth-order valence-electron chi connectivity index (χ4n) is 3.44. The number of hydrogen-bond acceptors (Lipinski definition) is 6. The SMILES string of the molecule is CCOc1cc(/C=C2/SC(=S)N(C3CCCCC3)C2=O)ccc1OCC(N)=O. The smallest absolute Gasteiger partial charge is 0.266 e. The van der Waals surface area contributed by atoms with Gasteiger partial charge in [0.15, 0.2) is 18.1 Å². The summed E-state index contributed by atoms with van der Waals surface area (Å²) in [4.78, 5) is 26.3. The maximum absolute atomic E-state index is 12.9. The summed E-state index contributed by atoms with van der Waals surface area (Å²) >= 11 is 6.82. The molecule has 1 saturated heterocycles. The van der Waals surface area contributed by atoms with E-state index in [-0.39, 0.29) is 18.6 Å². The van der Waals surface area contributed by atoms with Crippen LogP contribution in [-0.2, 0) is 9.59 Å². The molecule has 2 N–H and O–H groups in total. The van der Waals surface area contributed by atoms with Gasteiger partial charge in [0.2, 0.25) is 0 Å². The van der Waals surface area contributed by atoms with E-state index in [4.69, 9.17) is 27.4 Å². The molecule has 28 heavy (non-hydrogen) atoms. The Morgan fingerprint density at radius 3 is 2.71 bits per heavy atom. The van der Waals surface area contributed by atoms with Crippen molar-refractivity contribution in [3.8, 4) is 11.5 Å². The van der Waals surface area contributed by atoms with Crippen molar-refractivity contribution in [1.29, 1.82) is 0 Å². The number of nitrogens with zero attached hydrogens (tertiary/aromatic N) is 1. The molecular formula is C20H24N2O4S2. The molecule has 8 heteroatoms. The predicted octanol–water partition coefficient (Wildman–Crippen LogP) is 3.48. The van der Waals surface area contributed by atoms with Crippen molar-refractivity contribution in [2.45, 2.75) is 45.1 Å². The van der Waals surface area contributed by atoms with Crippen LogP contribution in [0.15, 0.2) is 23.1 Å². The quantitative estimate of drug-likeness (QED) is 0.537. The third-order valence-corrected chi connectivity index (χ3v) is 6.03. The number of hydrogen-bond donors (Lipinski definition) is 1. The van der Waals surface area contributed by atoms with Crippen LogP contribution < -0.4 is 15.2 Å². The van der Waals surface area contributed by atoms with Crippen LogP contribution in [0.1, 0.15) is 44.6 Å². The minimum atomic E-state index is -0.557.